The van der Waals surface area contributed by atoms with Crippen LogP contribution in [0.15, 0.2) is 12.3 Å². The van der Waals surface area contributed by atoms with E-state index < -0.39 is 0 Å². The molecule has 1 aliphatic heterocycles. The fourth-order valence-electron chi connectivity index (χ4n) is 1.71. The van der Waals surface area contributed by atoms with Gasteiger partial charge < -0.3 is 10.1 Å². The van der Waals surface area contributed by atoms with Gasteiger partial charge in [-0.3, -0.25) is 5.10 Å². The molecule has 0 bridgehead atoms. The van der Waals surface area contributed by atoms with Gasteiger partial charge in [-0.2, -0.15) is 5.10 Å². The number of hydrogen-bond acceptors (Lipinski definition) is 3. The molecule has 2 rings (SSSR count). The normalized spacial score (nSPS) is 23.9. The molecule has 1 saturated heterocycles. The summed E-state index contributed by atoms with van der Waals surface area (Å²) in [5.74, 6) is 0.681. The molecule has 1 aliphatic rings. The van der Waals surface area contributed by atoms with Crippen LogP contribution >= 0.6 is 0 Å². The Morgan fingerprint density at radius 1 is 1.79 bits per heavy atom. The molecule has 1 fully saturated rings. The van der Waals surface area contributed by atoms with Crippen LogP contribution in [0, 0.1) is 5.92 Å². The van der Waals surface area contributed by atoms with Crippen LogP contribution in [0.25, 0.3) is 0 Å². The van der Waals surface area contributed by atoms with E-state index in [2.05, 4.69) is 22.4 Å². The first kappa shape index (κ1) is 9.68. The second-order valence-electron chi connectivity index (χ2n) is 3.87. The molecule has 0 aliphatic carbocycles. The van der Waals surface area contributed by atoms with Crippen molar-refractivity contribution in [2.24, 2.45) is 5.92 Å². The summed E-state index contributed by atoms with van der Waals surface area (Å²) in [6.07, 6.45) is 2.97. The van der Waals surface area contributed by atoms with E-state index in [0.717, 1.165) is 25.5 Å². The average Bonchev–Trinajstić information content (AvgIpc) is 2.87. The predicted octanol–water partition coefficient (Wildman–Crippen LogP) is 1.10. The highest BCUT2D eigenvalue weighted by atomic mass is 16.5. The summed E-state index contributed by atoms with van der Waals surface area (Å²) in [7, 11) is 0. The summed E-state index contributed by atoms with van der Waals surface area (Å²) in [5, 5.41) is 10.4. The third-order valence-electron chi connectivity index (χ3n) is 2.73. The van der Waals surface area contributed by atoms with E-state index in [9.17, 15) is 0 Å². The van der Waals surface area contributed by atoms with Crippen LogP contribution < -0.4 is 5.32 Å². The summed E-state index contributed by atoms with van der Waals surface area (Å²) in [6.45, 7) is 5.00. The zero-order valence-corrected chi connectivity index (χ0v) is 8.49. The molecule has 2 heterocycles. The summed E-state index contributed by atoms with van der Waals surface area (Å²) >= 11 is 0. The van der Waals surface area contributed by atoms with Crippen molar-refractivity contribution in [3.63, 3.8) is 0 Å². The molecule has 0 radical (unpaired) electrons. The Kier molecular flexibility index (Phi) is 3.16. The van der Waals surface area contributed by atoms with Crippen LogP contribution in [-0.2, 0) is 4.74 Å². The van der Waals surface area contributed by atoms with Crippen molar-refractivity contribution in [3.05, 3.63) is 18.0 Å². The third-order valence-corrected chi connectivity index (χ3v) is 2.73. The number of aromatic nitrogens is 2. The van der Waals surface area contributed by atoms with Crippen molar-refractivity contribution >= 4 is 0 Å². The number of H-pyrrole nitrogens is 1. The van der Waals surface area contributed by atoms with Gasteiger partial charge >= 0.3 is 0 Å². The Bertz CT molecular complexity index is 254. The van der Waals surface area contributed by atoms with E-state index in [-0.39, 0.29) is 0 Å². The predicted molar refractivity (Wildman–Crippen MR) is 53.9 cm³/mol. The molecule has 2 atom stereocenters. The van der Waals surface area contributed by atoms with Crippen molar-refractivity contribution in [1.82, 2.24) is 15.5 Å². The Balaban J connectivity index is 1.74. The van der Waals surface area contributed by atoms with Crippen molar-refractivity contribution in [2.45, 2.75) is 19.4 Å². The fraction of sp³-hybridized carbons (Fsp3) is 0.700. The maximum Gasteiger partial charge on any atom is 0.0518 e. The Morgan fingerprint density at radius 3 is 3.36 bits per heavy atom. The topological polar surface area (TPSA) is 49.9 Å². The van der Waals surface area contributed by atoms with E-state index in [1.165, 1.54) is 6.42 Å². The van der Waals surface area contributed by atoms with Crippen LogP contribution in [0.1, 0.15) is 25.1 Å². The summed E-state index contributed by atoms with van der Waals surface area (Å²) in [4.78, 5) is 0. The minimum atomic E-state index is 0.345. The van der Waals surface area contributed by atoms with E-state index in [0.29, 0.717) is 12.0 Å². The zero-order valence-electron chi connectivity index (χ0n) is 8.49. The quantitative estimate of drug-likeness (QED) is 0.756. The Morgan fingerprint density at radius 2 is 2.71 bits per heavy atom. The highest BCUT2D eigenvalue weighted by Gasteiger charge is 2.16. The summed E-state index contributed by atoms with van der Waals surface area (Å²) < 4.78 is 5.32. The van der Waals surface area contributed by atoms with E-state index in [4.69, 9.17) is 4.74 Å². The highest BCUT2D eigenvalue weighted by molar-refractivity contribution is 5.02. The highest BCUT2D eigenvalue weighted by Crippen LogP contribution is 2.13. The Labute approximate surface area is 84.0 Å². The second-order valence-corrected chi connectivity index (χ2v) is 3.87. The molecule has 0 aromatic carbocycles. The zero-order chi connectivity index (χ0) is 9.80. The number of nitrogens with zero attached hydrogens (tertiary/aromatic N) is 1. The molecule has 0 saturated carbocycles. The molecule has 2 unspecified atom stereocenters. The van der Waals surface area contributed by atoms with Crippen molar-refractivity contribution < 1.29 is 4.74 Å². The van der Waals surface area contributed by atoms with E-state index >= 15 is 0 Å². The van der Waals surface area contributed by atoms with Gasteiger partial charge in [-0.05, 0) is 25.3 Å². The third kappa shape index (κ3) is 2.33. The van der Waals surface area contributed by atoms with Crippen LogP contribution in [0.3, 0.4) is 0 Å². The lowest BCUT2D eigenvalue weighted by Gasteiger charge is -2.14. The monoisotopic (exact) mass is 195 g/mol. The smallest absolute Gasteiger partial charge is 0.0518 e. The molecule has 0 spiro atoms. The molecular formula is C10H17N3O. The first-order chi connectivity index (χ1) is 6.86. The Hall–Kier alpha value is -0.870. The lowest BCUT2D eigenvalue weighted by molar-refractivity contribution is 0.184. The number of aromatic amines is 1. The molecule has 2 N–H and O–H groups in total. The van der Waals surface area contributed by atoms with Gasteiger partial charge in [-0.1, -0.05) is 0 Å². The minimum Gasteiger partial charge on any atom is -0.381 e. The molecular weight excluding hydrogens is 178 g/mol. The first-order valence-corrected chi connectivity index (χ1v) is 5.16. The summed E-state index contributed by atoms with van der Waals surface area (Å²) in [6, 6.07) is 2.35. The molecule has 0 amide bonds. The van der Waals surface area contributed by atoms with Gasteiger partial charge in [0.15, 0.2) is 0 Å². The van der Waals surface area contributed by atoms with Gasteiger partial charge in [0.25, 0.3) is 0 Å². The minimum absolute atomic E-state index is 0.345. The van der Waals surface area contributed by atoms with Crippen molar-refractivity contribution in [2.75, 3.05) is 19.8 Å². The second kappa shape index (κ2) is 4.57. The number of nitrogens with one attached hydrogen (secondary N) is 2. The van der Waals surface area contributed by atoms with Gasteiger partial charge in [0.1, 0.15) is 0 Å². The van der Waals surface area contributed by atoms with Crippen LogP contribution in [-0.4, -0.2) is 30.0 Å². The number of hydrogen-bond donors (Lipinski definition) is 2. The standard InChI is InChI=1S/C10H17N3O/c1-8(10-2-4-12-13-10)11-6-9-3-5-14-7-9/h2,4,8-9,11H,3,5-7H2,1H3,(H,12,13). The van der Waals surface area contributed by atoms with Crippen LogP contribution in [0.2, 0.25) is 0 Å². The summed E-state index contributed by atoms with van der Waals surface area (Å²) in [5.41, 5.74) is 1.14. The van der Waals surface area contributed by atoms with Crippen LogP contribution in [0.5, 0.6) is 0 Å². The molecule has 78 valence electrons. The SMILES string of the molecule is CC(NCC1CCOC1)c1ccn[nH]1. The van der Waals surface area contributed by atoms with E-state index in [1.54, 1.807) is 6.20 Å². The molecule has 4 heteroatoms. The van der Waals surface area contributed by atoms with Crippen molar-refractivity contribution in [1.29, 1.82) is 0 Å². The lowest BCUT2D eigenvalue weighted by atomic mass is 10.1. The molecule has 4 nitrogen and oxygen atoms in total. The lowest BCUT2D eigenvalue weighted by Crippen LogP contribution is -2.26. The molecule has 14 heavy (non-hydrogen) atoms. The fourth-order valence-corrected chi connectivity index (χ4v) is 1.71. The largest absolute Gasteiger partial charge is 0.381 e. The van der Waals surface area contributed by atoms with E-state index in [1.807, 2.05) is 6.07 Å². The average molecular weight is 195 g/mol. The first-order valence-electron chi connectivity index (χ1n) is 5.16. The number of rotatable bonds is 4. The van der Waals surface area contributed by atoms with Crippen LogP contribution in [0.4, 0.5) is 0 Å². The molecule has 1 aromatic rings. The van der Waals surface area contributed by atoms with Crippen molar-refractivity contribution in [3.8, 4) is 0 Å². The van der Waals surface area contributed by atoms with Gasteiger partial charge in [-0.25, -0.2) is 0 Å². The number of ether oxygens (including phenoxy) is 1. The maximum atomic E-state index is 5.32. The molecule has 1 aromatic heterocycles. The van der Waals surface area contributed by atoms with Gasteiger partial charge in [-0.15, -0.1) is 0 Å². The maximum absolute atomic E-state index is 5.32. The van der Waals surface area contributed by atoms with Gasteiger partial charge in [0, 0.05) is 25.4 Å². The van der Waals surface area contributed by atoms with Gasteiger partial charge in [0.2, 0.25) is 0 Å². The van der Waals surface area contributed by atoms with Gasteiger partial charge in [0.05, 0.1) is 12.3 Å².